The molecule has 0 aliphatic carbocycles. The van der Waals surface area contributed by atoms with E-state index in [1.807, 2.05) is 18.3 Å². The van der Waals surface area contributed by atoms with Gasteiger partial charge in [0.05, 0.1) is 31.2 Å². The average molecular weight is 322 g/mol. The third-order valence-electron chi connectivity index (χ3n) is 3.86. The first kappa shape index (κ1) is 15.5. The number of nitrogens with zero attached hydrogens (tertiary/aromatic N) is 2. The standard InChI is InChI=1S/C15H22N4O2S/c22-15(17-11-13-2-1-7-21-13)18-12-3-4-14(16-10-12)19-5-8-20-9-6-19/h3-4,10,13H,1-2,5-9,11H2,(H2,17,18,22). The predicted octanol–water partition coefficient (Wildman–Crippen LogP) is 1.38. The molecule has 0 amide bonds. The summed E-state index contributed by atoms with van der Waals surface area (Å²) >= 11 is 5.30. The Morgan fingerprint density at radius 2 is 2.18 bits per heavy atom. The lowest BCUT2D eigenvalue weighted by Crippen LogP contribution is -2.36. The van der Waals surface area contributed by atoms with Crippen molar-refractivity contribution in [1.29, 1.82) is 0 Å². The van der Waals surface area contributed by atoms with Gasteiger partial charge in [0.2, 0.25) is 0 Å². The summed E-state index contributed by atoms with van der Waals surface area (Å²) in [5.41, 5.74) is 0.891. The number of rotatable bonds is 4. The highest BCUT2D eigenvalue weighted by atomic mass is 32.1. The molecule has 120 valence electrons. The van der Waals surface area contributed by atoms with Gasteiger partial charge in [0, 0.05) is 26.2 Å². The number of hydrogen-bond donors (Lipinski definition) is 2. The molecule has 22 heavy (non-hydrogen) atoms. The second-order valence-electron chi connectivity index (χ2n) is 5.47. The number of anilines is 2. The zero-order valence-electron chi connectivity index (χ0n) is 12.6. The van der Waals surface area contributed by atoms with Crippen molar-refractivity contribution in [2.24, 2.45) is 0 Å². The van der Waals surface area contributed by atoms with Gasteiger partial charge in [-0.05, 0) is 37.2 Å². The smallest absolute Gasteiger partial charge is 0.170 e. The van der Waals surface area contributed by atoms with Crippen LogP contribution in [0.3, 0.4) is 0 Å². The van der Waals surface area contributed by atoms with E-state index in [1.165, 1.54) is 0 Å². The first-order valence-corrected chi connectivity index (χ1v) is 8.17. The molecule has 3 heterocycles. The third-order valence-corrected chi connectivity index (χ3v) is 4.10. The molecule has 2 N–H and O–H groups in total. The van der Waals surface area contributed by atoms with Gasteiger partial charge in [-0.25, -0.2) is 4.98 Å². The molecule has 0 aromatic carbocycles. The highest BCUT2D eigenvalue weighted by Gasteiger charge is 2.15. The summed E-state index contributed by atoms with van der Waals surface area (Å²) in [6, 6.07) is 4.01. The maximum Gasteiger partial charge on any atom is 0.170 e. The second-order valence-corrected chi connectivity index (χ2v) is 5.88. The van der Waals surface area contributed by atoms with Crippen LogP contribution < -0.4 is 15.5 Å². The van der Waals surface area contributed by atoms with Crippen molar-refractivity contribution in [2.75, 3.05) is 49.7 Å². The number of morpholine rings is 1. The van der Waals surface area contributed by atoms with Crippen molar-refractivity contribution in [3.05, 3.63) is 18.3 Å². The summed E-state index contributed by atoms with van der Waals surface area (Å²) in [6.07, 6.45) is 4.33. The Morgan fingerprint density at radius 1 is 1.32 bits per heavy atom. The van der Waals surface area contributed by atoms with E-state index in [9.17, 15) is 0 Å². The van der Waals surface area contributed by atoms with Gasteiger partial charge in [0.15, 0.2) is 5.11 Å². The van der Waals surface area contributed by atoms with Crippen LogP contribution in [0.4, 0.5) is 11.5 Å². The molecule has 0 radical (unpaired) electrons. The number of hydrogen-bond acceptors (Lipinski definition) is 5. The maximum atomic E-state index is 5.56. The van der Waals surface area contributed by atoms with Gasteiger partial charge in [-0.3, -0.25) is 0 Å². The third kappa shape index (κ3) is 4.28. The first-order valence-electron chi connectivity index (χ1n) is 7.76. The normalized spacial score (nSPS) is 21.6. The van der Waals surface area contributed by atoms with Crippen molar-refractivity contribution in [3.8, 4) is 0 Å². The van der Waals surface area contributed by atoms with E-state index in [0.29, 0.717) is 5.11 Å². The molecule has 7 heteroatoms. The van der Waals surface area contributed by atoms with Gasteiger partial charge in [-0.2, -0.15) is 0 Å². The molecule has 0 spiro atoms. The van der Waals surface area contributed by atoms with Crippen LogP contribution in [-0.4, -0.2) is 55.7 Å². The number of aromatic nitrogens is 1. The molecule has 1 atom stereocenters. The molecule has 2 aliphatic rings. The number of nitrogens with one attached hydrogen (secondary N) is 2. The number of pyridine rings is 1. The highest BCUT2D eigenvalue weighted by Crippen LogP contribution is 2.15. The zero-order valence-corrected chi connectivity index (χ0v) is 13.4. The molecule has 6 nitrogen and oxygen atoms in total. The van der Waals surface area contributed by atoms with Crippen molar-refractivity contribution < 1.29 is 9.47 Å². The number of ether oxygens (including phenoxy) is 2. The van der Waals surface area contributed by atoms with E-state index in [1.54, 1.807) is 0 Å². The van der Waals surface area contributed by atoms with Gasteiger partial charge in [-0.15, -0.1) is 0 Å². The SMILES string of the molecule is S=C(NCC1CCCO1)Nc1ccc(N2CCOCC2)nc1. The summed E-state index contributed by atoms with van der Waals surface area (Å²) in [5, 5.41) is 6.95. The Morgan fingerprint density at radius 3 is 2.86 bits per heavy atom. The molecule has 0 bridgehead atoms. The lowest BCUT2D eigenvalue weighted by atomic mass is 10.2. The summed E-state index contributed by atoms with van der Waals surface area (Å²) in [4.78, 5) is 6.71. The quantitative estimate of drug-likeness (QED) is 0.812. The fourth-order valence-electron chi connectivity index (χ4n) is 2.63. The van der Waals surface area contributed by atoms with Crippen molar-refractivity contribution in [3.63, 3.8) is 0 Å². The van der Waals surface area contributed by atoms with E-state index in [-0.39, 0.29) is 6.10 Å². The maximum absolute atomic E-state index is 5.56. The van der Waals surface area contributed by atoms with Crippen LogP contribution in [0.1, 0.15) is 12.8 Å². The van der Waals surface area contributed by atoms with Crippen LogP contribution in [0.25, 0.3) is 0 Å². The summed E-state index contributed by atoms with van der Waals surface area (Å²) in [6.45, 7) is 4.92. The molecular weight excluding hydrogens is 300 g/mol. The molecule has 1 aromatic heterocycles. The van der Waals surface area contributed by atoms with Crippen LogP contribution in [0.5, 0.6) is 0 Å². The molecule has 0 saturated carbocycles. The van der Waals surface area contributed by atoms with Crippen molar-refractivity contribution in [2.45, 2.75) is 18.9 Å². The van der Waals surface area contributed by atoms with Crippen LogP contribution in [0, 0.1) is 0 Å². The summed E-state index contributed by atoms with van der Waals surface area (Å²) < 4.78 is 10.9. The lowest BCUT2D eigenvalue weighted by molar-refractivity contribution is 0.114. The second kappa shape index (κ2) is 7.71. The average Bonchev–Trinajstić information content (AvgIpc) is 3.08. The van der Waals surface area contributed by atoms with Crippen LogP contribution in [0.15, 0.2) is 18.3 Å². The monoisotopic (exact) mass is 322 g/mol. The fourth-order valence-corrected chi connectivity index (χ4v) is 2.83. The Bertz CT molecular complexity index is 485. The zero-order chi connectivity index (χ0) is 15.2. The molecule has 2 saturated heterocycles. The first-order chi connectivity index (χ1) is 10.8. The predicted molar refractivity (Wildman–Crippen MR) is 90.5 cm³/mol. The largest absolute Gasteiger partial charge is 0.378 e. The molecule has 1 unspecified atom stereocenters. The van der Waals surface area contributed by atoms with Gasteiger partial charge >= 0.3 is 0 Å². The molecule has 1 aromatic rings. The topological polar surface area (TPSA) is 58.7 Å². The molecule has 2 fully saturated rings. The van der Waals surface area contributed by atoms with E-state index in [4.69, 9.17) is 21.7 Å². The fraction of sp³-hybridized carbons (Fsp3) is 0.600. The van der Waals surface area contributed by atoms with Crippen molar-refractivity contribution in [1.82, 2.24) is 10.3 Å². The molecular formula is C15H22N4O2S. The summed E-state index contributed by atoms with van der Waals surface area (Å²) in [7, 11) is 0. The Kier molecular flexibility index (Phi) is 5.42. The van der Waals surface area contributed by atoms with Gasteiger partial charge in [0.25, 0.3) is 0 Å². The minimum atomic E-state index is 0.279. The van der Waals surface area contributed by atoms with E-state index in [2.05, 4.69) is 20.5 Å². The molecule has 3 rings (SSSR count). The van der Waals surface area contributed by atoms with Gasteiger partial charge < -0.3 is 25.0 Å². The van der Waals surface area contributed by atoms with Gasteiger partial charge in [-0.1, -0.05) is 0 Å². The van der Waals surface area contributed by atoms with Gasteiger partial charge in [0.1, 0.15) is 5.82 Å². The van der Waals surface area contributed by atoms with E-state index < -0.39 is 0 Å². The Balaban J connectivity index is 1.46. The van der Waals surface area contributed by atoms with E-state index >= 15 is 0 Å². The highest BCUT2D eigenvalue weighted by molar-refractivity contribution is 7.80. The minimum absolute atomic E-state index is 0.279. The molecule has 2 aliphatic heterocycles. The Labute approximate surface area is 136 Å². The number of thiocarbonyl (C=S) groups is 1. The Hall–Kier alpha value is -1.44. The van der Waals surface area contributed by atoms with Crippen LogP contribution in [0.2, 0.25) is 0 Å². The minimum Gasteiger partial charge on any atom is -0.378 e. The van der Waals surface area contributed by atoms with E-state index in [0.717, 1.165) is 63.8 Å². The van der Waals surface area contributed by atoms with Crippen molar-refractivity contribution >= 4 is 28.8 Å². The summed E-state index contributed by atoms with van der Waals surface area (Å²) in [5.74, 6) is 0.979. The van der Waals surface area contributed by atoms with Crippen LogP contribution in [-0.2, 0) is 9.47 Å². The lowest BCUT2D eigenvalue weighted by Gasteiger charge is -2.27. The van der Waals surface area contributed by atoms with Crippen LogP contribution >= 0.6 is 12.2 Å².